The van der Waals surface area contributed by atoms with Crippen molar-refractivity contribution in [2.24, 2.45) is 17.6 Å². The van der Waals surface area contributed by atoms with Crippen molar-refractivity contribution in [2.45, 2.75) is 30.8 Å². The maximum absolute atomic E-state index is 13.4. The number of hydrogen-bond donors (Lipinski definition) is 1. The molecule has 0 heterocycles. The Kier molecular flexibility index (Phi) is 3.42. The number of halogens is 3. The van der Waals surface area contributed by atoms with Gasteiger partial charge in [-0.2, -0.15) is 5.26 Å². The number of nitrogens with two attached hydrogens (primary N) is 1. The van der Waals surface area contributed by atoms with Gasteiger partial charge in [0.25, 0.3) is 0 Å². The van der Waals surface area contributed by atoms with Crippen LogP contribution >= 0.6 is 23.2 Å². The predicted molar refractivity (Wildman–Crippen MR) is 74.1 cm³/mol. The quantitative estimate of drug-likeness (QED) is 0.932. The minimum absolute atomic E-state index is 0.126. The van der Waals surface area contributed by atoms with E-state index in [4.69, 9.17) is 33.7 Å². The molecule has 0 radical (unpaired) electrons. The summed E-state index contributed by atoms with van der Waals surface area (Å²) in [4.78, 5) is 0. The molecule has 0 aromatic heterocycles. The van der Waals surface area contributed by atoms with Crippen molar-refractivity contribution in [2.75, 3.05) is 0 Å². The van der Waals surface area contributed by atoms with E-state index in [-0.39, 0.29) is 18.4 Å². The lowest BCUT2D eigenvalue weighted by Gasteiger charge is -2.27. The van der Waals surface area contributed by atoms with Crippen molar-refractivity contribution in [3.8, 4) is 6.07 Å². The summed E-state index contributed by atoms with van der Waals surface area (Å²) in [5, 5.41) is 10.2. The predicted octanol–water partition coefficient (Wildman–Crippen LogP) is 3.09. The van der Waals surface area contributed by atoms with E-state index < -0.39 is 17.8 Å². The van der Waals surface area contributed by atoms with Gasteiger partial charge in [-0.05, 0) is 24.1 Å². The molecule has 0 amide bonds. The van der Waals surface area contributed by atoms with Crippen molar-refractivity contribution in [1.29, 1.82) is 5.26 Å². The number of nitriles is 1. The third-order valence-corrected chi connectivity index (χ3v) is 5.01. The van der Waals surface area contributed by atoms with E-state index in [1.54, 1.807) is 18.2 Å². The van der Waals surface area contributed by atoms with Gasteiger partial charge in [-0.25, -0.2) is 4.39 Å². The van der Waals surface area contributed by atoms with Gasteiger partial charge >= 0.3 is 0 Å². The molecule has 20 heavy (non-hydrogen) atoms. The molecular formula is C14H13Cl2FN2O. The molecule has 3 rings (SSSR count). The topological polar surface area (TPSA) is 59.0 Å². The van der Waals surface area contributed by atoms with Gasteiger partial charge in [0, 0.05) is 11.8 Å². The van der Waals surface area contributed by atoms with E-state index in [0.717, 1.165) is 5.56 Å². The highest BCUT2D eigenvalue weighted by Gasteiger charge is 2.70. The van der Waals surface area contributed by atoms with E-state index in [9.17, 15) is 9.65 Å². The SMILES string of the molecule is N#C[C@]1(N)[C@@H]2[C@H](F)[C@@H]2C[C@H]1OCc1ccc(Cl)c(Cl)c1. The monoisotopic (exact) mass is 314 g/mol. The first-order valence-electron chi connectivity index (χ1n) is 6.37. The highest BCUT2D eigenvalue weighted by Crippen LogP contribution is 2.59. The zero-order valence-electron chi connectivity index (χ0n) is 10.5. The van der Waals surface area contributed by atoms with Crippen LogP contribution in [0.4, 0.5) is 4.39 Å². The first-order chi connectivity index (χ1) is 9.47. The third kappa shape index (κ3) is 2.10. The van der Waals surface area contributed by atoms with E-state index in [1.165, 1.54) is 0 Å². The molecule has 106 valence electrons. The van der Waals surface area contributed by atoms with Crippen LogP contribution in [0, 0.1) is 23.2 Å². The summed E-state index contributed by atoms with van der Waals surface area (Å²) in [5.41, 5.74) is 5.65. The number of benzene rings is 1. The van der Waals surface area contributed by atoms with Crippen LogP contribution in [0.25, 0.3) is 0 Å². The van der Waals surface area contributed by atoms with Crippen LogP contribution in [0.3, 0.4) is 0 Å². The molecular weight excluding hydrogens is 302 g/mol. The lowest BCUT2D eigenvalue weighted by molar-refractivity contribution is 0.00308. The van der Waals surface area contributed by atoms with E-state index >= 15 is 0 Å². The summed E-state index contributed by atoms with van der Waals surface area (Å²) >= 11 is 11.8. The summed E-state index contributed by atoms with van der Waals surface area (Å²) in [6.45, 7) is 0.276. The number of fused-ring (bicyclic) bond motifs is 1. The highest BCUT2D eigenvalue weighted by molar-refractivity contribution is 6.42. The summed E-state index contributed by atoms with van der Waals surface area (Å²) in [5.74, 6) is -0.509. The average molecular weight is 315 g/mol. The number of alkyl halides is 1. The van der Waals surface area contributed by atoms with Gasteiger partial charge in [0.2, 0.25) is 0 Å². The number of nitrogens with zero attached hydrogens (tertiary/aromatic N) is 1. The summed E-state index contributed by atoms with van der Waals surface area (Å²) in [6.07, 6.45) is -0.898. The van der Waals surface area contributed by atoms with Gasteiger partial charge in [-0.1, -0.05) is 29.3 Å². The Balaban J connectivity index is 1.67. The first kappa shape index (κ1) is 14.1. The summed E-state index contributed by atoms with van der Waals surface area (Å²) < 4.78 is 19.1. The van der Waals surface area contributed by atoms with Crippen molar-refractivity contribution >= 4 is 23.2 Å². The molecule has 0 aliphatic heterocycles. The lowest BCUT2D eigenvalue weighted by atomic mass is 9.93. The van der Waals surface area contributed by atoms with Crippen LogP contribution in [0.5, 0.6) is 0 Å². The van der Waals surface area contributed by atoms with Gasteiger partial charge < -0.3 is 10.5 Å². The van der Waals surface area contributed by atoms with Gasteiger partial charge in [-0.3, -0.25) is 0 Å². The smallest absolute Gasteiger partial charge is 0.136 e. The summed E-state index contributed by atoms with van der Waals surface area (Å²) in [6, 6.07) is 7.23. The molecule has 2 saturated carbocycles. The fourth-order valence-corrected chi connectivity index (χ4v) is 3.38. The zero-order chi connectivity index (χ0) is 14.5. The van der Waals surface area contributed by atoms with Crippen molar-refractivity contribution in [1.82, 2.24) is 0 Å². The van der Waals surface area contributed by atoms with Crippen molar-refractivity contribution in [3.63, 3.8) is 0 Å². The standard InChI is InChI=1S/C14H13Cl2FN2O/c15-9-2-1-7(3-10(9)16)5-20-11-4-8-12(13(8)17)14(11,19)6-18/h1-3,8,11-13H,4-5,19H2/t8-,11-,12+,13-,14-/m1/s1. The number of hydrogen-bond acceptors (Lipinski definition) is 3. The second-order valence-electron chi connectivity index (χ2n) is 5.46. The van der Waals surface area contributed by atoms with Crippen LogP contribution < -0.4 is 5.73 Å². The molecule has 6 heteroatoms. The van der Waals surface area contributed by atoms with Crippen LogP contribution in [0.1, 0.15) is 12.0 Å². The van der Waals surface area contributed by atoms with E-state index in [0.29, 0.717) is 16.5 Å². The molecule has 0 spiro atoms. The minimum Gasteiger partial charge on any atom is -0.370 e. The third-order valence-electron chi connectivity index (χ3n) is 4.27. The second-order valence-corrected chi connectivity index (χ2v) is 6.28. The van der Waals surface area contributed by atoms with Crippen molar-refractivity contribution < 1.29 is 9.13 Å². The maximum atomic E-state index is 13.4. The van der Waals surface area contributed by atoms with Crippen LogP contribution in [-0.4, -0.2) is 17.8 Å². The second kappa shape index (κ2) is 4.85. The lowest BCUT2D eigenvalue weighted by Crippen LogP contribution is -2.51. The fourth-order valence-electron chi connectivity index (χ4n) is 3.06. The van der Waals surface area contributed by atoms with Crippen LogP contribution in [-0.2, 0) is 11.3 Å². The Labute approximate surface area is 126 Å². The Morgan fingerprint density at radius 3 is 2.85 bits per heavy atom. The Hall–Kier alpha value is -0.860. The molecule has 0 saturated heterocycles. The molecule has 3 nitrogen and oxygen atoms in total. The minimum atomic E-state index is -1.22. The molecule has 5 atom stereocenters. The molecule has 0 unspecified atom stereocenters. The van der Waals surface area contributed by atoms with Gasteiger partial charge in [0.05, 0.1) is 28.8 Å². The van der Waals surface area contributed by atoms with Crippen LogP contribution in [0.2, 0.25) is 10.0 Å². The Morgan fingerprint density at radius 1 is 1.45 bits per heavy atom. The van der Waals surface area contributed by atoms with Crippen molar-refractivity contribution in [3.05, 3.63) is 33.8 Å². The van der Waals surface area contributed by atoms with E-state index in [1.807, 2.05) is 6.07 Å². The molecule has 2 aliphatic rings. The fraction of sp³-hybridized carbons (Fsp3) is 0.500. The van der Waals surface area contributed by atoms with Crippen LogP contribution in [0.15, 0.2) is 18.2 Å². The molecule has 2 N–H and O–H groups in total. The van der Waals surface area contributed by atoms with Gasteiger partial charge in [0.15, 0.2) is 0 Å². The Bertz CT molecular complexity index is 591. The highest BCUT2D eigenvalue weighted by atomic mass is 35.5. The molecule has 2 fully saturated rings. The average Bonchev–Trinajstić information content (AvgIpc) is 2.96. The molecule has 1 aromatic rings. The Morgan fingerprint density at radius 2 is 2.20 bits per heavy atom. The maximum Gasteiger partial charge on any atom is 0.136 e. The van der Waals surface area contributed by atoms with Gasteiger partial charge in [0.1, 0.15) is 11.7 Å². The molecule has 1 aromatic carbocycles. The van der Waals surface area contributed by atoms with Gasteiger partial charge in [-0.15, -0.1) is 0 Å². The van der Waals surface area contributed by atoms with E-state index in [2.05, 4.69) is 0 Å². The summed E-state index contributed by atoms with van der Waals surface area (Å²) in [7, 11) is 0. The molecule has 0 bridgehead atoms. The first-order valence-corrected chi connectivity index (χ1v) is 7.12. The normalized spacial score (nSPS) is 38.4. The largest absolute Gasteiger partial charge is 0.370 e. The number of ether oxygens (including phenoxy) is 1. The zero-order valence-corrected chi connectivity index (χ0v) is 12.0. The number of rotatable bonds is 3. The molecule has 2 aliphatic carbocycles.